The van der Waals surface area contributed by atoms with Gasteiger partial charge in [-0.05, 0) is 0 Å². The van der Waals surface area contributed by atoms with Gasteiger partial charge in [0.15, 0.2) is 0 Å². The molecule has 10 nitrogen and oxygen atoms in total. The van der Waals surface area contributed by atoms with Crippen molar-refractivity contribution in [2.24, 2.45) is 0 Å². The van der Waals surface area contributed by atoms with Gasteiger partial charge in [0, 0.05) is 5.75 Å². The first-order chi connectivity index (χ1) is 16.7. The van der Waals surface area contributed by atoms with Gasteiger partial charge in [-0.1, -0.05) is 4.91 Å². The average Bonchev–Trinajstić information content (AvgIpc) is 2.69. The molecule has 0 rings (SSSR count). The van der Waals surface area contributed by atoms with Gasteiger partial charge in [0.1, 0.15) is 0 Å². The number of allylic oxidation sites excluding steroid dienone is 8. The first-order valence-electron chi connectivity index (χ1n) is 10.5. The minimum absolute atomic E-state index is 0.221. The summed E-state index contributed by atoms with van der Waals surface area (Å²) in [6.07, 6.45) is 13.3. The van der Waals surface area contributed by atoms with Gasteiger partial charge in [-0.3, -0.25) is 15.2 Å². The molecule has 0 aromatic carbocycles. The van der Waals surface area contributed by atoms with Gasteiger partial charge in [0.25, 0.3) is 10.1 Å². The fraction of sp³-hybridized carbons (Fsp3) is 0.391. The van der Waals surface area contributed by atoms with E-state index in [0.29, 0.717) is 13.0 Å². The van der Waals surface area contributed by atoms with E-state index in [1.165, 1.54) is 6.92 Å². The Bertz CT molecular complexity index is 1180. The van der Waals surface area contributed by atoms with Crippen LogP contribution in [0.5, 0.6) is 0 Å². The summed E-state index contributed by atoms with van der Waals surface area (Å²) < 4.78 is 87.1. The maximum absolute atomic E-state index is 10.8. The molecule has 0 saturated carbocycles. The van der Waals surface area contributed by atoms with Crippen LogP contribution in [0, 0.1) is 13.0 Å². The van der Waals surface area contributed by atoms with E-state index in [2.05, 4.69) is 41.2 Å². The largest absolute Gasteiger partial charge is 0.342 e. The van der Waals surface area contributed by atoms with Crippen molar-refractivity contribution in [3.05, 3.63) is 78.9 Å². The van der Waals surface area contributed by atoms with Gasteiger partial charge in [-0.2, -0.15) is 21.4 Å². The summed E-state index contributed by atoms with van der Waals surface area (Å²) in [5.41, 5.74) is 1.68. The maximum Gasteiger partial charge on any atom is 0.262 e. The molecule has 37 heavy (non-hydrogen) atoms. The van der Waals surface area contributed by atoms with Gasteiger partial charge < -0.3 is 6.92 Å². The van der Waals surface area contributed by atoms with E-state index in [4.69, 9.17) is 13.7 Å². The minimum atomic E-state index is -4.08. The fourth-order valence-electron chi connectivity index (χ4n) is 2.06. The molecule has 0 aliphatic rings. The van der Waals surface area contributed by atoms with Crippen molar-refractivity contribution in [1.82, 2.24) is 4.90 Å². The molecule has 0 saturated heterocycles. The minimum Gasteiger partial charge on any atom is -0.342 e. The van der Waals surface area contributed by atoms with E-state index in [-0.39, 0.29) is 22.8 Å². The van der Waals surface area contributed by atoms with Crippen LogP contribution in [0.1, 0.15) is 40.5 Å². The molecule has 0 aromatic heterocycles. The SMILES string of the molecule is C=C(/C=C\C)N(CCCS(=O)(=O)O)/C(C)=C/C=C/[C](C)=[Ni].C=C(C=[C-]C)S(=O)(=O)O.[CH2-]CCS(=O)(=O)O. The molecular weight excluding hydrogens is 589 g/mol. The second-order valence-corrected chi connectivity index (χ2v) is 12.4. The number of hydrogen-bond acceptors (Lipinski definition) is 7. The molecule has 3 N–H and O–H groups in total. The van der Waals surface area contributed by atoms with Crippen LogP contribution >= 0.6 is 0 Å². The van der Waals surface area contributed by atoms with Crippen LogP contribution in [0.25, 0.3) is 0 Å². The summed E-state index contributed by atoms with van der Waals surface area (Å²) in [7, 11) is -11.7. The van der Waals surface area contributed by atoms with Gasteiger partial charge in [0.05, 0.1) is 0 Å². The average molecular weight is 626 g/mol. The predicted octanol–water partition coefficient (Wildman–Crippen LogP) is 3.72. The van der Waals surface area contributed by atoms with Crippen molar-refractivity contribution in [2.45, 2.75) is 40.5 Å². The molecule has 0 aromatic rings. The molecule has 0 atom stereocenters. The van der Waals surface area contributed by atoms with Gasteiger partial charge in [-0.25, -0.2) is 14.5 Å². The standard InChI is InChI=1S/C15H23NO3S.C5H7O3S.C3H7O3S.Ni/c1-5-7-8-11-15(4)16(14(3)10-6-2)12-9-13-20(17,18)19;1-3-4-5(2)9(6,7)8;1-2-3-7(4,5)6;/h6-8,10-11H,3,9,12-13H2,1-2,4H3,(H,17,18,19);4H,2H2,1H3,(H,6,7,8);1-3H2,(H,4,5,6);/q;2*-1;/b8-7+,10-6-,15-11+;;;. The van der Waals surface area contributed by atoms with Crippen molar-refractivity contribution in [3.63, 3.8) is 0 Å². The molecule has 0 aliphatic heterocycles. The summed E-state index contributed by atoms with van der Waals surface area (Å²) in [5.74, 6) is -0.510. The van der Waals surface area contributed by atoms with Crippen molar-refractivity contribution in [3.8, 4) is 0 Å². The molecule has 0 bridgehead atoms. The van der Waals surface area contributed by atoms with Crippen LogP contribution < -0.4 is 0 Å². The van der Waals surface area contributed by atoms with E-state index in [1.54, 1.807) is 0 Å². The van der Waals surface area contributed by atoms with E-state index in [9.17, 15) is 25.3 Å². The Kier molecular flexibility index (Phi) is 21.9. The Balaban J connectivity index is -0.000000590. The molecule has 14 heteroatoms. The Morgan fingerprint density at radius 1 is 1.00 bits per heavy atom. The van der Waals surface area contributed by atoms with Gasteiger partial charge in [-0.15, -0.1) is 6.92 Å². The third-order valence-electron chi connectivity index (χ3n) is 3.61. The Hall–Kier alpha value is -1.67. The smallest absolute Gasteiger partial charge is 0.262 e. The summed E-state index contributed by atoms with van der Waals surface area (Å²) in [4.78, 5) is 1.56. The zero-order chi connectivity index (χ0) is 29.9. The van der Waals surface area contributed by atoms with E-state index in [1.807, 2.05) is 56.1 Å². The summed E-state index contributed by atoms with van der Waals surface area (Å²) >= 11 is 4.67. The monoisotopic (exact) mass is 625 g/mol. The van der Waals surface area contributed by atoms with Crippen LogP contribution in [-0.4, -0.2) is 66.4 Å². The van der Waals surface area contributed by atoms with Crippen LogP contribution in [0.3, 0.4) is 0 Å². The molecule has 0 radical (unpaired) electrons. The second kappa shape index (κ2) is 20.3. The van der Waals surface area contributed by atoms with Crippen molar-refractivity contribution < 1.29 is 53.9 Å². The Labute approximate surface area is 230 Å². The van der Waals surface area contributed by atoms with Crippen LogP contribution in [0.4, 0.5) is 0 Å². The molecule has 0 aliphatic carbocycles. The Morgan fingerprint density at radius 3 is 1.81 bits per heavy atom. The van der Waals surface area contributed by atoms with Crippen LogP contribution in [-0.2, 0) is 45.4 Å². The molecule has 0 unspecified atom stereocenters. The molecule has 0 amide bonds. The van der Waals surface area contributed by atoms with E-state index < -0.39 is 30.4 Å². The summed E-state index contributed by atoms with van der Waals surface area (Å²) in [5, 5.41) is 0. The van der Waals surface area contributed by atoms with E-state index >= 15 is 0 Å². The predicted molar refractivity (Wildman–Crippen MR) is 146 cm³/mol. The topological polar surface area (TPSA) is 166 Å². The molecule has 218 valence electrons. The number of hydrogen-bond donors (Lipinski definition) is 3. The summed E-state index contributed by atoms with van der Waals surface area (Å²) in [6, 6.07) is 0. The fourth-order valence-corrected chi connectivity index (χ4v) is 3.28. The van der Waals surface area contributed by atoms with Crippen molar-refractivity contribution >= 4 is 34.8 Å². The van der Waals surface area contributed by atoms with Crippen LogP contribution in [0.2, 0.25) is 0 Å². The maximum atomic E-state index is 10.8. The first kappa shape index (κ1) is 39.8. The first-order valence-corrected chi connectivity index (χ1v) is 15.6. The third-order valence-corrected chi connectivity index (χ3v) is 6.16. The molecular formula is C23H37NNiO9S3-2. The van der Waals surface area contributed by atoms with Crippen molar-refractivity contribution in [2.75, 3.05) is 18.1 Å². The Morgan fingerprint density at radius 2 is 1.51 bits per heavy atom. The van der Waals surface area contributed by atoms with Crippen molar-refractivity contribution in [1.29, 1.82) is 0 Å². The van der Waals surface area contributed by atoms with Crippen LogP contribution in [0.15, 0.2) is 65.9 Å². The number of nitrogens with zero attached hydrogens (tertiary/aromatic N) is 1. The number of rotatable bonds is 13. The van der Waals surface area contributed by atoms with Gasteiger partial charge >= 0.3 is 135 Å². The zero-order valence-electron chi connectivity index (χ0n) is 21.4. The van der Waals surface area contributed by atoms with Gasteiger partial charge in [0.2, 0.25) is 10.1 Å². The summed E-state index contributed by atoms with van der Waals surface area (Å²) in [6.45, 7) is 17.9. The third kappa shape index (κ3) is 28.8. The zero-order valence-corrected chi connectivity index (χ0v) is 24.8. The molecule has 0 heterocycles. The molecule has 0 fully saturated rings. The normalized spacial score (nSPS) is 12.6. The second-order valence-electron chi connectivity index (χ2n) is 7.00. The quantitative estimate of drug-likeness (QED) is 0.119. The van der Waals surface area contributed by atoms with E-state index in [0.717, 1.165) is 22.0 Å². The molecule has 0 spiro atoms.